The number of amides is 2. The number of carbonyl (C=O) groups is 2. The summed E-state index contributed by atoms with van der Waals surface area (Å²) in [5.41, 5.74) is 2.11. The van der Waals surface area contributed by atoms with Crippen molar-refractivity contribution in [3.63, 3.8) is 0 Å². The molecule has 0 bridgehead atoms. The van der Waals surface area contributed by atoms with Crippen LogP contribution in [0.3, 0.4) is 0 Å². The molecule has 3 aliphatic heterocycles. The molecule has 9 nitrogen and oxygen atoms in total. The fraction of sp³-hybridized carbons (Fsp3) is 0.429. The van der Waals surface area contributed by atoms with E-state index in [4.69, 9.17) is 4.74 Å². The molecule has 1 fully saturated rings. The van der Waals surface area contributed by atoms with E-state index in [2.05, 4.69) is 22.3 Å². The quantitative estimate of drug-likeness (QED) is 0.582. The molecule has 2 aromatic rings. The van der Waals surface area contributed by atoms with Gasteiger partial charge < -0.3 is 15.0 Å². The Hall–Kier alpha value is -3.37. The van der Waals surface area contributed by atoms with E-state index in [1.165, 1.54) is 49.4 Å². The largest absolute Gasteiger partial charge is 0.493 e. The fourth-order valence-electron chi connectivity index (χ4n) is 5.43. The number of rotatable bonds is 7. The van der Waals surface area contributed by atoms with Crippen LogP contribution in [-0.2, 0) is 26.2 Å². The summed E-state index contributed by atoms with van der Waals surface area (Å²) in [6.45, 7) is 3.58. The van der Waals surface area contributed by atoms with E-state index < -0.39 is 22.0 Å². The van der Waals surface area contributed by atoms with E-state index in [0.29, 0.717) is 13.0 Å². The molecule has 2 atom stereocenters. The van der Waals surface area contributed by atoms with E-state index in [-0.39, 0.29) is 23.3 Å². The third kappa shape index (κ3) is 5.42. The fourth-order valence-corrected chi connectivity index (χ4v) is 6.90. The first-order valence-electron chi connectivity index (χ1n) is 13.1. The lowest BCUT2D eigenvalue weighted by Crippen LogP contribution is -2.51. The van der Waals surface area contributed by atoms with Gasteiger partial charge in [-0.3, -0.25) is 18.8 Å². The molecular formula is C28H34N4O5S. The van der Waals surface area contributed by atoms with Crippen molar-refractivity contribution in [2.45, 2.75) is 55.6 Å². The molecule has 3 heterocycles. The Morgan fingerprint density at radius 1 is 1.11 bits per heavy atom. The molecular weight excluding hydrogens is 504 g/mol. The van der Waals surface area contributed by atoms with Gasteiger partial charge in [0, 0.05) is 38.0 Å². The van der Waals surface area contributed by atoms with Crippen LogP contribution >= 0.6 is 0 Å². The maximum atomic E-state index is 13.5. The standard InChI is InChI=1S/C28H34N4O5S/c1-30(24-12-17-37-26-18-21(10-11-23(24)26)20-31-14-6-3-7-15-31)27(33)19-25-28(34)29-13-16-32(25)38(35,36)22-8-4-2-5-9-22/h2,4-5,8-11,13,16,18,24-25H,3,6-7,12,14-15,17,19-20H2,1H3,(H,29,34)/t24-,25-/m1/s1. The second kappa shape index (κ2) is 11.2. The third-order valence-corrected chi connectivity index (χ3v) is 9.34. The topological polar surface area (TPSA) is 99.3 Å². The van der Waals surface area contributed by atoms with Crippen molar-refractivity contribution in [3.05, 3.63) is 72.1 Å². The Balaban J connectivity index is 1.32. The summed E-state index contributed by atoms with van der Waals surface area (Å²) in [4.78, 5) is 30.3. The highest BCUT2D eigenvalue weighted by Crippen LogP contribution is 2.37. The number of fused-ring (bicyclic) bond motifs is 1. The number of hydrogen-bond acceptors (Lipinski definition) is 6. The molecule has 0 unspecified atom stereocenters. The third-order valence-electron chi connectivity index (χ3n) is 7.55. The highest BCUT2D eigenvalue weighted by atomic mass is 32.2. The van der Waals surface area contributed by atoms with Crippen molar-refractivity contribution in [1.82, 2.24) is 19.4 Å². The SMILES string of the molecule is CN(C(=O)C[C@@H]1C(=O)NC=CN1S(=O)(=O)c1ccccc1)[C@@H]1CCOc2cc(CN3CCCCC3)ccc21. The molecule has 0 saturated carbocycles. The first-order chi connectivity index (χ1) is 18.3. The molecule has 0 aromatic heterocycles. The predicted octanol–water partition coefficient (Wildman–Crippen LogP) is 3.01. The van der Waals surface area contributed by atoms with Crippen molar-refractivity contribution >= 4 is 21.8 Å². The molecule has 38 heavy (non-hydrogen) atoms. The van der Waals surface area contributed by atoms with E-state index in [1.54, 1.807) is 30.1 Å². The van der Waals surface area contributed by atoms with Gasteiger partial charge in [0.25, 0.3) is 10.0 Å². The van der Waals surface area contributed by atoms with E-state index >= 15 is 0 Å². The number of benzene rings is 2. The zero-order valence-corrected chi connectivity index (χ0v) is 22.4. The minimum Gasteiger partial charge on any atom is -0.493 e. The minimum atomic E-state index is -4.02. The van der Waals surface area contributed by atoms with Crippen LogP contribution in [0.4, 0.5) is 0 Å². The number of nitrogens with zero attached hydrogens (tertiary/aromatic N) is 3. The van der Waals surface area contributed by atoms with Crippen LogP contribution < -0.4 is 10.1 Å². The summed E-state index contributed by atoms with van der Waals surface area (Å²) in [5, 5.41) is 2.54. The summed E-state index contributed by atoms with van der Waals surface area (Å²) >= 11 is 0. The molecule has 3 aliphatic rings. The highest BCUT2D eigenvalue weighted by molar-refractivity contribution is 7.89. The Morgan fingerprint density at radius 3 is 2.63 bits per heavy atom. The van der Waals surface area contributed by atoms with Gasteiger partial charge in [-0.15, -0.1) is 0 Å². The summed E-state index contributed by atoms with van der Waals surface area (Å²) in [7, 11) is -2.31. The molecule has 10 heteroatoms. The van der Waals surface area contributed by atoms with Crippen LogP contribution in [0.2, 0.25) is 0 Å². The molecule has 2 aromatic carbocycles. The molecule has 5 rings (SSSR count). The zero-order valence-electron chi connectivity index (χ0n) is 21.6. The smallest absolute Gasteiger partial charge is 0.264 e. The Kier molecular flexibility index (Phi) is 7.71. The average molecular weight is 539 g/mol. The normalized spacial score (nSPS) is 21.8. The average Bonchev–Trinajstić information content (AvgIpc) is 2.94. The van der Waals surface area contributed by atoms with Crippen LogP contribution in [0.5, 0.6) is 5.75 Å². The van der Waals surface area contributed by atoms with Crippen LogP contribution in [0.1, 0.15) is 49.3 Å². The summed E-state index contributed by atoms with van der Waals surface area (Å²) in [5.74, 6) is -0.0746. The maximum Gasteiger partial charge on any atom is 0.264 e. The molecule has 202 valence electrons. The Morgan fingerprint density at radius 2 is 1.87 bits per heavy atom. The Bertz CT molecular complexity index is 1310. The lowest BCUT2D eigenvalue weighted by molar-refractivity contribution is -0.136. The summed E-state index contributed by atoms with van der Waals surface area (Å²) in [6, 6.07) is 12.7. The van der Waals surface area contributed by atoms with Crippen LogP contribution in [0, 0.1) is 0 Å². The summed E-state index contributed by atoms with van der Waals surface area (Å²) < 4.78 is 33.5. The molecule has 2 amide bonds. The molecule has 1 saturated heterocycles. The molecule has 1 N–H and O–H groups in total. The first-order valence-corrected chi connectivity index (χ1v) is 14.6. The Labute approximate surface area is 224 Å². The van der Waals surface area contributed by atoms with Crippen molar-refractivity contribution in [2.75, 3.05) is 26.7 Å². The highest BCUT2D eigenvalue weighted by Gasteiger charge is 2.38. The number of hydrogen-bond donors (Lipinski definition) is 1. The lowest BCUT2D eigenvalue weighted by atomic mass is 9.96. The van der Waals surface area contributed by atoms with Gasteiger partial charge in [0.15, 0.2) is 0 Å². The van der Waals surface area contributed by atoms with Gasteiger partial charge in [0.1, 0.15) is 11.8 Å². The number of ether oxygens (including phenoxy) is 1. The van der Waals surface area contributed by atoms with E-state index in [0.717, 1.165) is 35.3 Å². The lowest BCUT2D eigenvalue weighted by Gasteiger charge is -2.36. The van der Waals surface area contributed by atoms with Gasteiger partial charge in [-0.2, -0.15) is 0 Å². The van der Waals surface area contributed by atoms with E-state index in [9.17, 15) is 18.0 Å². The minimum absolute atomic E-state index is 0.0591. The van der Waals surface area contributed by atoms with Crippen LogP contribution in [-0.4, -0.2) is 67.1 Å². The number of carbonyl (C=O) groups excluding carboxylic acids is 2. The monoisotopic (exact) mass is 538 g/mol. The van der Waals surface area contributed by atoms with Crippen molar-refractivity contribution in [2.24, 2.45) is 0 Å². The van der Waals surface area contributed by atoms with Crippen molar-refractivity contribution in [1.29, 1.82) is 0 Å². The van der Waals surface area contributed by atoms with Crippen molar-refractivity contribution in [3.8, 4) is 5.75 Å². The van der Waals surface area contributed by atoms with Gasteiger partial charge >= 0.3 is 0 Å². The molecule has 0 radical (unpaired) electrons. The van der Waals surface area contributed by atoms with Gasteiger partial charge in [-0.1, -0.05) is 36.8 Å². The van der Waals surface area contributed by atoms with Crippen molar-refractivity contribution < 1.29 is 22.7 Å². The van der Waals surface area contributed by atoms with Crippen LogP contribution in [0.25, 0.3) is 0 Å². The maximum absolute atomic E-state index is 13.5. The van der Waals surface area contributed by atoms with E-state index in [1.807, 2.05) is 6.07 Å². The first kappa shape index (κ1) is 26.2. The van der Waals surface area contributed by atoms with Gasteiger partial charge in [0.05, 0.1) is 24.0 Å². The van der Waals surface area contributed by atoms with Gasteiger partial charge in [-0.25, -0.2) is 8.42 Å². The molecule has 0 spiro atoms. The number of likely N-dealkylation sites (tertiary alicyclic amines) is 1. The number of sulfonamides is 1. The summed E-state index contributed by atoms with van der Waals surface area (Å²) in [6.07, 6.45) is 6.67. The zero-order chi connectivity index (χ0) is 26.7. The molecule has 0 aliphatic carbocycles. The predicted molar refractivity (Wildman–Crippen MR) is 142 cm³/mol. The second-order valence-electron chi connectivity index (χ2n) is 10.1. The number of nitrogens with one attached hydrogen (secondary N) is 1. The van der Waals surface area contributed by atoms with Gasteiger partial charge in [-0.05, 0) is 49.7 Å². The number of piperidine rings is 1. The van der Waals surface area contributed by atoms with Gasteiger partial charge in [0.2, 0.25) is 11.8 Å². The second-order valence-corrected chi connectivity index (χ2v) is 11.9. The van der Waals surface area contributed by atoms with Crippen LogP contribution in [0.15, 0.2) is 65.8 Å².